The smallest absolute Gasteiger partial charge is 0.264 e. The maximum atomic E-state index is 13.5. The van der Waals surface area contributed by atoms with Gasteiger partial charge in [-0.3, -0.25) is 9.59 Å². The third kappa shape index (κ3) is 4.78. The van der Waals surface area contributed by atoms with Crippen molar-refractivity contribution >= 4 is 45.6 Å². The fraction of sp³-hybridized carbons (Fsp3) is 0.474. The SMILES string of the molecule is Cc1c(C(=O)N2CCCCC2CNC(=O)CCN)sc2ccc(F)cc12.Cl. The maximum absolute atomic E-state index is 13.5. The molecule has 0 bridgehead atoms. The van der Waals surface area contributed by atoms with Gasteiger partial charge in [0.05, 0.1) is 4.88 Å². The fourth-order valence-corrected chi connectivity index (χ4v) is 4.60. The maximum Gasteiger partial charge on any atom is 0.264 e. The highest BCUT2D eigenvalue weighted by atomic mass is 35.5. The zero-order valence-corrected chi connectivity index (χ0v) is 16.9. The number of fused-ring (bicyclic) bond motifs is 1. The van der Waals surface area contributed by atoms with Crippen molar-refractivity contribution in [2.75, 3.05) is 19.6 Å². The molecule has 148 valence electrons. The van der Waals surface area contributed by atoms with Gasteiger partial charge in [0.15, 0.2) is 0 Å². The van der Waals surface area contributed by atoms with Crippen LogP contribution in [0.1, 0.15) is 40.9 Å². The highest BCUT2D eigenvalue weighted by molar-refractivity contribution is 7.21. The highest BCUT2D eigenvalue weighted by Gasteiger charge is 2.30. The molecule has 0 aliphatic carbocycles. The van der Waals surface area contributed by atoms with Crippen molar-refractivity contribution in [1.82, 2.24) is 10.2 Å². The minimum absolute atomic E-state index is 0. The molecule has 0 saturated carbocycles. The number of halogens is 2. The summed E-state index contributed by atoms with van der Waals surface area (Å²) in [6.45, 7) is 3.31. The molecule has 0 radical (unpaired) electrons. The van der Waals surface area contributed by atoms with Crippen LogP contribution in [0.4, 0.5) is 4.39 Å². The molecule has 1 saturated heterocycles. The average molecular weight is 414 g/mol. The van der Waals surface area contributed by atoms with Crippen molar-refractivity contribution in [3.8, 4) is 0 Å². The summed E-state index contributed by atoms with van der Waals surface area (Å²) < 4.78 is 14.5. The Morgan fingerprint density at radius 2 is 2.15 bits per heavy atom. The summed E-state index contributed by atoms with van der Waals surface area (Å²) in [7, 11) is 0. The number of aryl methyl sites for hydroxylation is 1. The van der Waals surface area contributed by atoms with Crippen LogP contribution in [0, 0.1) is 12.7 Å². The number of benzene rings is 1. The summed E-state index contributed by atoms with van der Waals surface area (Å²) in [5.41, 5.74) is 6.23. The molecule has 1 atom stereocenters. The van der Waals surface area contributed by atoms with Gasteiger partial charge in [-0.2, -0.15) is 0 Å². The predicted molar refractivity (Wildman–Crippen MR) is 109 cm³/mol. The van der Waals surface area contributed by atoms with Crippen LogP contribution in [-0.4, -0.2) is 42.4 Å². The van der Waals surface area contributed by atoms with E-state index < -0.39 is 0 Å². The van der Waals surface area contributed by atoms with Crippen LogP contribution in [0.5, 0.6) is 0 Å². The van der Waals surface area contributed by atoms with E-state index in [4.69, 9.17) is 5.73 Å². The lowest BCUT2D eigenvalue weighted by Crippen LogP contribution is -2.49. The number of amides is 2. The second-order valence-electron chi connectivity index (χ2n) is 6.69. The van der Waals surface area contributed by atoms with Crippen molar-refractivity contribution in [3.05, 3.63) is 34.5 Å². The zero-order chi connectivity index (χ0) is 18.7. The number of carbonyl (C=O) groups excluding carboxylic acids is 2. The molecule has 2 heterocycles. The van der Waals surface area contributed by atoms with Gasteiger partial charge >= 0.3 is 0 Å². The van der Waals surface area contributed by atoms with E-state index in [2.05, 4.69) is 5.32 Å². The Bertz CT molecular complexity index is 827. The molecule has 5 nitrogen and oxygen atoms in total. The fourth-order valence-electron chi connectivity index (χ4n) is 3.46. The summed E-state index contributed by atoms with van der Waals surface area (Å²) in [6, 6.07) is 4.61. The van der Waals surface area contributed by atoms with Crippen molar-refractivity contribution in [3.63, 3.8) is 0 Å². The monoisotopic (exact) mass is 413 g/mol. The minimum atomic E-state index is -0.295. The number of nitrogens with zero attached hydrogens (tertiary/aromatic N) is 1. The molecule has 1 fully saturated rings. The standard InChI is InChI=1S/C19H24FN3O2S.ClH/c1-12-15-10-13(20)5-6-16(15)26-18(12)19(25)23-9-3-2-4-14(23)11-22-17(24)7-8-21;/h5-6,10,14H,2-4,7-9,11,21H2,1H3,(H,22,24);1H. The van der Waals surface area contributed by atoms with E-state index in [1.165, 1.54) is 23.5 Å². The molecular weight excluding hydrogens is 389 g/mol. The summed E-state index contributed by atoms with van der Waals surface area (Å²) in [5.74, 6) is -0.406. The molecule has 1 aromatic carbocycles. The summed E-state index contributed by atoms with van der Waals surface area (Å²) in [5, 5.41) is 3.67. The van der Waals surface area contributed by atoms with Crippen LogP contribution >= 0.6 is 23.7 Å². The van der Waals surface area contributed by atoms with E-state index in [0.717, 1.165) is 34.9 Å². The van der Waals surface area contributed by atoms with Gasteiger partial charge < -0.3 is 16.0 Å². The number of hydrogen-bond donors (Lipinski definition) is 2. The number of likely N-dealkylation sites (tertiary alicyclic amines) is 1. The lowest BCUT2D eigenvalue weighted by atomic mass is 10.0. The van der Waals surface area contributed by atoms with Crippen molar-refractivity contribution in [2.24, 2.45) is 5.73 Å². The highest BCUT2D eigenvalue weighted by Crippen LogP contribution is 2.33. The van der Waals surface area contributed by atoms with E-state index in [9.17, 15) is 14.0 Å². The normalized spacial score (nSPS) is 16.9. The van der Waals surface area contributed by atoms with Crippen LogP contribution in [0.3, 0.4) is 0 Å². The molecule has 27 heavy (non-hydrogen) atoms. The molecule has 1 aliphatic heterocycles. The zero-order valence-electron chi connectivity index (χ0n) is 15.3. The first-order chi connectivity index (χ1) is 12.5. The average Bonchev–Trinajstić information content (AvgIpc) is 2.96. The van der Waals surface area contributed by atoms with Crippen LogP contribution in [-0.2, 0) is 4.79 Å². The van der Waals surface area contributed by atoms with Crippen LogP contribution in [0.2, 0.25) is 0 Å². The number of nitrogens with two attached hydrogens (primary N) is 1. The van der Waals surface area contributed by atoms with Crippen LogP contribution in [0.25, 0.3) is 10.1 Å². The van der Waals surface area contributed by atoms with E-state index in [1.54, 1.807) is 6.07 Å². The first-order valence-electron chi connectivity index (χ1n) is 8.97. The molecular formula is C19H25ClFN3O2S. The van der Waals surface area contributed by atoms with Gasteiger partial charge in [0.1, 0.15) is 5.82 Å². The minimum Gasteiger partial charge on any atom is -0.354 e. The quantitative estimate of drug-likeness (QED) is 0.790. The molecule has 2 amide bonds. The van der Waals surface area contributed by atoms with Crippen LogP contribution < -0.4 is 11.1 Å². The summed E-state index contributed by atoms with van der Waals surface area (Å²) >= 11 is 1.41. The Hall–Kier alpha value is -1.70. The first-order valence-corrected chi connectivity index (χ1v) is 9.79. The van der Waals surface area contributed by atoms with Gasteiger partial charge in [-0.05, 0) is 55.3 Å². The second-order valence-corrected chi connectivity index (χ2v) is 7.74. The van der Waals surface area contributed by atoms with Crippen molar-refractivity contribution in [2.45, 2.75) is 38.6 Å². The molecule has 0 spiro atoms. The third-order valence-corrected chi connectivity index (χ3v) is 6.15. The molecule has 1 aliphatic rings. The van der Waals surface area contributed by atoms with E-state index in [1.807, 2.05) is 11.8 Å². The second kappa shape index (κ2) is 9.48. The summed E-state index contributed by atoms with van der Waals surface area (Å²) in [4.78, 5) is 27.4. The molecule has 3 N–H and O–H groups in total. The van der Waals surface area contributed by atoms with Crippen molar-refractivity contribution < 1.29 is 14.0 Å². The number of thiophene rings is 1. The Morgan fingerprint density at radius 1 is 1.37 bits per heavy atom. The number of hydrogen-bond acceptors (Lipinski definition) is 4. The van der Waals surface area contributed by atoms with E-state index in [0.29, 0.717) is 30.9 Å². The number of rotatable bonds is 5. The number of piperidine rings is 1. The van der Waals surface area contributed by atoms with Crippen LogP contribution in [0.15, 0.2) is 18.2 Å². The number of carbonyl (C=O) groups is 2. The van der Waals surface area contributed by atoms with Gasteiger partial charge in [0.25, 0.3) is 5.91 Å². The molecule has 1 aromatic heterocycles. The van der Waals surface area contributed by atoms with Gasteiger partial charge in [0.2, 0.25) is 5.91 Å². The van der Waals surface area contributed by atoms with E-state index >= 15 is 0 Å². The Labute approximate surface area is 168 Å². The number of nitrogens with one attached hydrogen (secondary N) is 1. The van der Waals surface area contributed by atoms with Gasteiger partial charge in [-0.15, -0.1) is 23.7 Å². The first kappa shape index (κ1) is 21.6. The van der Waals surface area contributed by atoms with E-state index in [-0.39, 0.29) is 36.1 Å². The lowest BCUT2D eigenvalue weighted by Gasteiger charge is -2.35. The van der Waals surface area contributed by atoms with Gasteiger partial charge in [-0.1, -0.05) is 0 Å². The Morgan fingerprint density at radius 3 is 2.89 bits per heavy atom. The molecule has 3 rings (SSSR count). The largest absolute Gasteiger partial charge is 0.354 e. The Kier molecular flexibility index (Phi) is 7.59. The van der Waals surface area contributed by atoms with Gasteiger partial charge in [0, 0.05) is 36.8 Å². The molecule has 1 unspecified atom stereocenters. The lowest BCUT2D eigenvalue weighted by molar-refractivity contribution is -0.121. The topological polar surface area (TPSA) is 75.4 Å². The molecule has 2 aromatic rings. The summed E-state index contributed by atoms with van der Waals surface area (Å²) in [6.07, 6.45) is 3.16. The predicted octanol–water partition coefficient (Wildman–Crippen LogP) is 3.23. The Balaban J connectivity index is 0.00000261. The molecule has 8 heteroatoms. The van der Waals surface area contributed by atoms with Crippen molar-refractivity contribution in [1.29, 1.82) is 0 Å². The van der Waals surface area contributed by atoms with Gasteiger partial charge in [-0.25, -0.2) is 4.39 Å². The third-order valence-electron chi connectivity index (χ3n) is 4.89.